The Morgan fingerprint density at radius 3 is 2.82 bits per heavy atom. The molecule has 0 amide bonds. The number of carbonyl (C=O) groups is 1. The minimum atomic E-state index is -1.18. The molecule has 1 aromatic carbocycles. The molecule has 6 nitrogen and oxygen atoms in total. The van der Waals surface area contributed by atoms with Gasteiger partial charge >= 0.3 is 5.97 Å². The van der Waals surface area contributed by atoms with Gasteiger partial charge in [-0.15, -0.1) is 0 Å². The van der Waals surface area contributed by atoms with Crippen LogP contribution in [0.15, 0.2) is 24.3 Å². The Labute approximate surface area is 97.7 Å². The lowest BCUT2D eigenvalue weighted by Gasteiger charge is -1.99. The van der Waals surface area contributed by atoms with E-state index in [-0.39, 0.29) is 11.3 Å². The molecule has 0 aliphatic rings. The van der Waals surface area contributed by atoms with Crippen LogP contribution in [0, 0.1) is 10.1 Å². The number of hydrogen-bond acceptors (Lipinski definition) is 4. The molecule has 0 fully saturated rings. The summed E-state index contributed by atoms with van der Waals surface area (Å²) in [5.41, 5.74) is 0.0787. The summed E-state index contributed by atoms with van der Waals surface area (Å²) in [5, 5.41) is 22.4. The van der Waals surface area contributed by atoms with Crippen molar-refractivity contribution in [1.82, 2.24) is 5.32 Å². The fraction of sp³-hybridized carbons (Fsp3) is 0.182. The van der Waals surface area contributed by atoms with Crippen molar-refractivity contribution < 1.29 is 14.8 Å². The SMILES string of the molecule is CNCC=Cc1ccc(C(=O)O)cc1[N+](=O)[O-]. The van der Waals surface area contributed by atoms with Gasteiger partial charge in [0.15, 0.2) is 0 Å². The number of nitro benzene ring substituents is 1. The lowest BCUT2D eigenvalue weighted by atomic mass is 10.1. The third-order valence-electron chi connectivity index (χ3n) is 2.09. The Kier molecular flexibility index (Phi) is 4.36. The molecule has 0 atom stereocenters. The number of nitrogens with zero attached hydrogens (tertiary/aromatic N) is 1. The first-order chi connectivity index (χ1) is 8.06. The van der Waals surface area contributed by atoms with E-state index < -0.39 is 10.9 Å². The number of nitrogens with one attached hydrogen (secondary N) is 1. The Bertz CT molecular complexity index is 469. The van der Waals surface area contributed by atoms with Gasteiger partial charge in [0.05, 0.1) is 16.1 Å². The van der Waals surface area contributed by atoms with Gasteiger partial charge in [-0.05, 0) is 19.2 Å². The zero-order chi connectivity index (χ0) is 12.8. The smallest absolute Gasteiger partial charge is 0.335 e. The van der Waals surface area contributed by atoms with Gasteiger partial charge in [-0.3, -0.25) is 10.1 Å². The molecule has 0 saturated heterocycles. The van der Waals surface area contributed by atoms with Gasteiger partial charge in [0.25, 0.3) is 5.69 Å². The number of carboxylic acids is 1. The van der Waals surface area contributed by atoms with Crippen LogP contribution in [0.4, 0.5) is 5.69 Å². The average Bonchev–Trinajstić information content (AvgIpc) is 2.29. The first-order valence-corrected chi connectivity index (χ1v) is 4.89. The van der Waals surface area contributed by atoms with Gasteiger partial charge in [0, 0.05) is 12.6 Å². The molecule has 90 valence electrons. The summed E-state index contributed by atoms with van der Waals surface area (Å²) in [5.74, 6) is -1.18. The molecule has 1 rings (SSSR count). The first-order valence-electron chi connectivity index (χ1n) is 4.89. The molecule has 0 aliphatic heterocycles. The third kappa shape index (κ3) is 3.39. The molecule has 0 aromatic heterocycles. The van der Waals surface area contributed by atoms with Crippen molar-refractivity contribution >= 4 is 17.7 Å². The molecule has 0 radical (unpaired) electrons. The zero-order valence-electron chi connectivity index (χ0n) is 9.21. The summed E-state index contributed by atoms with van der Waals surface area (Å²) in [6.45, 7) is 0.581. The van der Waals surface area contributed by atoms with Crippen LogP contribution in [0.1, 0.15) is 15.9 Å². The summed E-state index contributed by atoms with van der Waals surface area (Å²) in [6, 6.07) is 3.82. The Balaban J connectivity index is 3.13. The van der Waals surface area contributed by atoms with Crippen molar-refractivity contribution in [2.45, 2.75) is 0 Å². The van der Waals surface area contributed by atoms with Crippen LogP contribution >= 0.6 is 0 Å². The highest BCUT2D eigenvalue weighted by molar-refractivity contribution is 5.89. The molecule has 0 heterocycles. The third-order valence-corrected chi connectivity index (χ3v) is 2.09. The van der Waals surface area contributed by atoms with Gasteiger partial charge in [0.1, 0.15) is 0 Å². The van der Waals surface area contributed by atoms with E-state index >= 15 is 0 Å². The van der Waals surface area contributed by atoms with Crippen molar-refractivity contribution in [3.63, 3.8) is 0 Å². The molecule has 0 saturated carbocycles. The number of hydrogen-bond donors (Lipinski definition) is 2. The normalized spacial score (nSPS) is 10.6. The highest BCUT2D eigenvalue weighted by Gasteiger charge is 2.15. The van der Waals surface area contributed by atoms with Crippen LogP contribution in [0.3, 0.4) is 0 Å². The van der Waals surface area contributed by atoms with E-state index in [4.69, 9.17) is 5.11 Å². The summed E-state index contributed by atoms with van der Waals surface area (Å²) in [6.07, 6.45) is 3.31. The largest absolute Gasteiger partial charge is 0.478 e. The molecule has 2 N–H and O–H groups in total. The Morgan fingerprint density at radius 1 is 1.59 bits per heavy atom. The predicted molar refractivity (Wildman–Crippen MR) is 63.0 cm³/mol. The lowest BCUT2D eigenvalue weighted by Crippen LogP contribution is -2.04. The van der Waals surface area contributed by atoms with Crippen LogP contribution in [-0.2, 0) is 0 Å². The van der Waals surface area contributed by atoms with Crippen LogP contribution in [-0.4, -0.2) is 29.6 Å². The highest BCUT2D eigenvalue weighted by atomic mass is 16.6. The minimum Gasteiger partial charge on any atom is -0.478 e. The second kappa shape index (κ2) is 5.76. The van der Waals surface area contributed by atoms with Crippen molar-refractivity contribution in [2.24, 2.45) is 0 Å². The number of carboxylic acid groups (broad SMARTS) is 1. The van der Waals surface area contributed by atoms with Crippen molar-refractivity contribution in [1.29, 1.82) is 0 Å². The molecular formula is C11H12N2O4. The molecule has 0 spiro atoms. The lowest BCUT2D eigenvalue weighted by molar-refractivity contribution is -0.385. The van der Waals surface area contributed by atoms with Gasteiger partial charge in [-0.1, -0.05) is 12.2 Å². The standard InChI is InChI=1S/C11H12N2O4/c1-12-6-2-3-8-4-5-9(11(14)15)7-10(8)13(16)17/h2-5,7,12H,6H2,1H3,(H,14,15). The highest BCUT2D eigenvalue weighted by Crippen LogP contribution is 2.21. The fourth-order valence-electron chi connectivity index (χ4n) is 1.28. The van der Waals surface area contributed by atoms with Gasteiger partial charge in [0.2, 0.25) is 0 Å². The molecule has 17 heavy (non-hydrogen) atoms. The first kappa shape index (κ1) is 12.9. The van der Waals surface area contributed by atoms with E-state index in [1.54, 1.807) is 19.2 Å². The molecule has 6 heteroatoms. The average molecular weight is 236 g/mol. The van der Waals surface area contributed by atoms with Gasteiger partial charge in [-0.2, -0.15) is 0 Å². The maximum atomic E-state index is 10.8. The maximum absolute atomic E-state index is 10.8. The molecule has 1 aromatic rings. The Morgan fingerprint density at radius 2 is 2.29 bits per heavy atom. The summed E-state index contributed by atoms with van der Waals surface area (Å²) >= 11 is 0. The molecular weight excluding hydrogens is 224 g/mol. The van der Waals surface area contributed by atoms with E-state index in [1.165, 1.54) is 12.1 Å². The predicted octanol–water partition coefficient (Wildman–Crippen LogP) is 1.53. The maximum Gasteiger partial charge on any atom is 0.335 e. The molecule has 0 aliphatic carbocycles. The van der Waals surface area contributed by atoms with Crippen LogP contribution < -0.4 is 5.32 Å². The van der Waals surface area contributed by atoms with Gasteiger partial charge < -0.3 is 10.4 Å². The topological polar surface area (TPSA) is 92.5 Å². The van der Waals surface area contributed by atoms with E-state index in [9.17, 15) is 14.9 Å². The number of aromatic carboxylic acids is 1. The second-order valence-corrected chi connectivity index (χ2v) is 3.30. The fourth-order valence-corrected chi connectivity index (χ4v) is 1.28. The van der Waals surface area contributed by atoms with Crippen molar-refractivity contribution in [3.8, 4) is 0 Å². The monoisotopic (exact) mass is 236 g/mol. The number of benzene rings is 1. The quantitative estimate of drug-likeness (QED) is 0.597. The second-order valence-electron chi connectivity index (χ2n) is 3.30. The van der Waals surface area contributed by atoms with E-state index in [0.717, 1.165) is 6.07 Å². The zero-order valence-corrected chi connectivity index (χ0v) is 9.21. The number of likely N-dealkylation sites (N-methyl/N-ethyl adjacent to an activating group) is 1. The molecule has 0 bridgehead atoms. The minimum absolute atomic E-state index is 0.0949. The van der Waals surface area contributed by atoms with Crippen molar-refractivity contribution in [3.05, 3.63) is 45.5 Å². The van der Waals surface area contributed by atoms with Crippen molar-refractivity contribution in [2.75, 3.05) is 13.6 Å². The van der Waals surface area contributed by atoms with E-state index in [0.29, 0.717) is 12.1 Å². The summed E-state index contributed by atoms with van der Waals surface area (Å²) < 4.78 is 0. The number of rotatable bonds is 5. The van der Waals surface area contributed by atoms with Crippen LogP contribution in [0.5, 0.6) is 0 Å². The van der Waals surface area contributed by atoms with E-state index in [2.05, 4.69) is 5.32 Å². The van der Waals surface area contributed by atoms with E-state index in [1.807, 2.05) is 0 Å². The van der Waals surface area contributed by atoms with Gasteiger partial charge in [-0.25, -0.2) is 4.79 Å². The summed E-state index contributed by atoms with van der Waals surface area (Å²) in [4.78, 5) is 20.9. The summed E-state index contributed by atoms with van der Waals surface area (Å²) in [7, 11) is 1.76. The molecule has 0 unspecified atom stereocenters. The van der Waals surface area contributed by atoms with Crippen LogP contribution in [0.25, 0.3) is 6.08 Å². The number of nitro groups is 1. The van der Waals surface area contributed by atoms with Crippen LogP contribution in [0.2, 0.25) is 0 Å². The Hall–Kier alpha value is -2.21.